The molecule has 0 saturated heterocycles. The molecule has 6 nitrogen and oxygen atoms in total. The Morgan fingerprint density at radius 1 is 1.00 bits per heavy atom. The molecule has 0 aromatic heterocycles. The predicted octanol–water partition coefficient (Wildman–Crippen LogP) is 5.27. The van der Waals surface area contributed by atoms with Gasteiger partial charge in [-0.25, -0.2) is 5.43 Å². The normalized spacial score (nSPS) is 10.7. The fourth-order valence-electron chi connectivity index (χ4n) is 2.35. The summed E-state index contributed by atoms with van der Waals surface area (Å²) < 4.78 is 6.83. The van der Waals surface area contributed by atoms with E-state index in [0.29, 0.717) is 20.3 Å². The number of benzene rings is 3. The van der Waals surface area contributed by atoms with Crippen LogP contribution >= 0.6 is 31.9 Å². The van der Waals surface area contributed by atoms with Crippen LogP contribution in [-0.2, 0) is 4.79 Å². The molecule has 148 valence electrons. The van der Waals surface area contributed by atoms with Gasteiger partial charge in [0.15, 0.2) is 0 Å². The minimum absolute atomic E-state index is 0.0507. The molecule has 0 unspecified atom stereocenters. The number of hydrogen-bond donors (Lipinski definition) is 3. The second-order valence-corrected chi connectivity index (χ2v) is 7.63. The molecule has 0 bridgehead atoms. The Bertz CT molecular complexity index is 1000. The Kier molecular flexibility index (Phi) is 7.26. The van der Waals surface area contributed by atoms with Crippen molar-refractivity contribution in [3.8, 4) is 17.2 Å². The minimum atomic E-state index is -0.299. The van der Waals surface area contributed by atoms with Crippen molar-refractivity contribution in [2.24, 2.45) is 5.10 Å². The van der Waals surface area contributed by atoms with Gasteiger partial charge in [0.1, 0.15) is 17.2 Å². The largest absolute Gasteiger partial charge is 0.506 e. The van der Waals surface area contributed by atoms with Gasteiger partial charge in [0.2, 0.25) is 0 Å². The molecule has 0 aliphatic heterocycles. The molecule has 3 N–H and O–H groups in total. The summed E-state index contributed by atoms with van der Waals surface area (Å²) in [6.45, 7) is 0.0507. The maximum absolute atomic E-state index is 12.0. The maximum atomic E-state index is 12.0. The summed E-state index contributed by atoms with van der Waals surface area (Å²) in [5.41, 5.74) is 3.92. The van der Waals surface area contributed by atoms with Gasteiger partial charge in [0, 0.05) is 11.8 Å². The number of nitrogens with one attached hydrogen (secondary N) is 2. The lowest BCUT2D eigenvalue weighted by atomic mass is 10.2. The van der Waals surface area contributed by atoms with Crippen LogP contribution in [0.1, 0.15) is 5.56 Å². The SMILES string of the molecule is O=C(CNc1cccc(Oc2ccccc2)c1)N/N=C/c1cc(Br)c(O)c(Br)c1. The molecule has 0 spiro atoms. The van der Waals surface area contributed by atoms with Crippen LogP contribution in [0.25, 0.3) is 0 Å². The number of hydrogen-bond acceptors (Lipinski definition) is 5. The van der Waals surface area contributed by atoms with Crippen molar-refractivity contribution in [1.29, 1.82) is 0 Å². The topological polar surface area (TPSA) is 83.0 Å². The molecule has 3 aromatic carbocycles. The molecular weight excluding hydrogens is 502 g/mol. The Hall–Kier alpha value is -2.84. The number of carbonyl (C=O) groups excluding carboxylic acids is 1. The van der Waals surface area contributed by atoms with Gasteiger partial charge in [0.25, 0.3) is 5.91 Å². The molecule has 0 aliphatic rings. The van der Waals surface area contributed by atoms with E-state index in [1.807, 2.05) is 54.6 Å². The molecule has 0 aliphatic carbocycles. The van der Waals surface area contributed by atoms with Crippen LogP contribution in [0.4, 0.5) is 5.69 Å². The molecule has 29 heavy (non-hydrogen) atoms. The van der Waals surface area contributed by atoms with E-state index in [0.717, 1.165) is 11.4 Å². The van der Waals surface area contributed by atoms with E-state index in [9.17, 15) is 9.90 Å². The molecule has 0 atom stereocenters. The summed E-state index contributed by atoms with van der Waals surface area (Å²) in [5.74, 6) is 1.22. The van der Waals surface area contributed by atoms with Crippen molar-refractivity contribution >= 4 is 49.7 Å². The van der Waals surface area contributed by atoms with E-state index < -0.39 is 0 Å². The lowest BCUT2D eigenvalue weighted by Crippen LogP contribution is -2.25. The van der Waals surface area contributed by atoms with Crippen LogP contribution < -0.4 is 15.5 Å². The number of carbonyl (C=O) groups is 1. The number of nitrogens with zero attached hydrogens (tertiary/aromatic N) is 1. The number of hydrazone groups is 1. The molecular formula is C21H17Br2N3O3. The zero-order valence-electron chi connectivity index (χ0n) is 15.1. The lowest BCUT2D eigenvalue weighted by Gasteiger charge is -2.09. The van der Waals surface area contributed by atoms with Gasteiger partial charge in [-0.2, -0.15) is 5.10 Å². The fraction of sp³-hybridized carbons (Fsp3) is 0.0476. The number of halogens is 2. The smallest absolute Gasteiger partial charge is 0.259 e. The first-order chi connectivity index (χ1) is 14.0. The molecule has 8 heteroatoms. The van der Waals surface area contributed by atoms with Crippen LogP contribution in [0.15, 0.2) is 80.8 Å². The van der Waals surface area contributed by atoms with E-state index >= 15 is 0 Å². The summed E-state index contributed by atoms with van der Waals surface area (Å²) in [6.07, 6.45) is 1.49. The van der Waals surface area contributed by atoms with E-state index in [1.165, 1.54) is 6.21 Å². The highest BCUT2D eigenvalue weighted by molar-refractivity contribution is 9.11. The Morgan fingerprint density at radius 2 is 1.69 bits per heavy atom. The Balaban J connectivity index is 1.51. The predicted molar refractivity (Wildman–Crippen MR) is 121 cm³/mol. The zero-order valence-corrected chi connectivity index (χ0v) is 18.3. The van der Waals surface area contributed by atoms with Crippen molar-refractivity contribution in [2.75, 3.05) is 11.9 Å². The lowest BCUT2D eigenvalue weighted by molar-refractivity contribution is -0.119. The van der Waals surface area contributed by atoms with Crippen LogP contribution in [0.3, 0.4) is 0 Å². The second-order valence-electron chi connectivity index (χ2n) is 5.92. The molecule has 0 heterocycles. The number of phenols is 1. The number of aromatic hydroxyl groups is 1. The first-order valence-corrected chi connectivity index (χ1v) is 10.2. The van der Waals surface area contributed by atoms with Gasteiger partial charge in [-0.3, -0.25) is 4.79 Å². The van der Waals surface area contributed by atoms with Crippen LogP contribution in [-0.4, -0.2) is 23.8 Å². The number of rotatable bonds is 7. The average molecular weight is 519 g/mol. The van der Waals surface area contributed by atoms with Crippen molar-refractivity contribution < 1.29 is 14.6 Å². The van der Waals surface area contributed by atoms with Gasteiger partial charge >= 0.3 is 0 Å². The quantitative estimate of drug-likeness (QED) is 0.294. The average Bonchev–Trinajstić information content (AvgIpc) is 2.71. The zero-order chi connectivity index (χ0) is 20.6. The summed E-state index contributed by atoms with van der Waals surface area (Å²) in [6, 6.07) is 20.2. The highest BCUT2D eigenvalue weighted by Crippen LogP contribution is 2.32. The van der Waals surface area contributed by atoms with E-state index in [-0.39, 0.29) is 18.2 Å². The minimum Gasteiger partial charge on any atom is -0.506 e. The molecule has 3 rings (SSSR count). The number of anilines is 1. The van der Waals surface area contributed by atoms with Gasteiger partial charge in [-0.15, -0.1) is 0 Å². The van der Waals surface area contributed by atoms with Crippen LogP contribution in [0, 0.1) is 0 Å². The third-order valence-corrected chi connectivity index (χ3v) is 4.92. The maximum Gasteiger partial charge on any atom is 0.259 e. The highest BCUT2D eigenvalue weighted by Gasteiger charge is 2.05. The summed E-state index contributed by atoms with van der Waals surface area (Å²) in [4.78, 5) is 12.0. The van der Waals surface area contributed by atoms with Crippen molar-refractivity contribution in [3.63, 3.8) is 0 Å². The van der Waals surface area contributed by atoms with Gasteiger partial charge < -0.3 is 15.2 Å². The van der Waals surface area contributed by atoms with Crippen molar-refractivity contribution in [1.82, 2.24) is 5.43 Å². The Labute approximate surface area is 184 Å². The third-order valence-electron chi connectivity index (χ3n) is 3.71. The summed E-state index contributed by atoms with van der Waals surface area (Å²) >= 11 is 6.49. The van der Waals surface area contributed by atoms with Gasteiger partial charge in [-0.1, -0.05) is 24.3 Å². The van der Waals surface area contributed by atoms with Crippen LogP contribution in [0.5, 0.6) is 17.2 Å². The summed E-state index contributed by atoms with van der Waals surface area (Å²) in [7, 11) is 0. The van der Waals surface area contributed by atoms with Crippen molar-refractivity contribution in [2.45, 2.75) is 0 Å². The third kappa shape index (κ3) is 6.33. The highest BCUT2D eigenvalue weighted by atomic mass is 79.9. The standard InChI is InChI=1S/C21H17Br2N3O3/c22-18-9-14(10-19(23)21(18)28)12-25-26-20(27)13-24-15-5-4-8-17(11-15)29-16-6-2-1-3-7-16/h1-12,24,28H,13H2,(H,26,27)/b25-12+. The van der Waals surface area contributed by atoms with Gasteiger partial charge in [-0.05, 0) is 73.8 Å². The van der Waals surface area contributed by atoms with Gasteiger partial charge in [0.05, 0.1) is 21.7 Å². The van der Waals surface area contributed by atoms with E-state index in [1.54, 1.807) is 12.1 Å². The second kappa shape index (κ2) is 10.1. The molecule has 1 amide bonds. The molecule has 3 aromatic rings. The Morgan fingerprint density at radius 3 is 2.41 bits per heavy atom. The number of phenolic OH excluding ortho intramolecular Hbond substituents is 1. The molecule has 0 saturated carbocycles. The number of ether oxygens (including phenoxy) is 1. The monoisotopic (exact) mass is 517 g/mol. The first-order valence-electron chi connectivity index (χ1n) is 8.58. The molecule has 0 radical (unpaired) electrons. The fourth-order valence-corrected chi connectivity index (χ4v) is 3.58. The van der Waals surface area contributed by atoms with E-state index in [2.05, 4.69) is 47.7 Å². The first kappa shape index (κ1) is 20.9. The van der Waals surface area contributed by atoms with Crippen LogP contribution in [0.2, 0.25) is 0 Å². The number of amides is 1. The summed E-state index contributed by atoms with van der Waals surface area (Å²) in [5, 5.41) is 16.7. The van der Waals surface area contributed by atoms with Crippen molar-refractivity contribution in [3.05, 3.63) is 81.2 Å². The number of para-hydroxylation sites is 1. The molecule has 0 fully saturated rings. The van der Waals surface area contributed by atoms with E-state index in [4.69, 9.17) is 4.74 Å².